The van der Waals surface area contributed by atoms with Crippen molar-refractivity contribution in [1.29, 1.82) is 0 Å². The number of carbonyl (C=O) groups is 2. The summed E-state index contributed by atoms with van der Waals surface area (Å²) in [5.74, 6) is -8.50. The van der Waals surface area contributed by atoms with Crippen LogP contribution in [0.3, 0.4) is 0 Å². The van der Waals surface area contributed by atoms with E-state index in [4.69, 9.17) is 11.6 Å². The molecule has 0 saturated heterocycles. The second-order valence-electron chi connectivity index (χ2n) is 8.70. The monoisotopic (exact) mass is 622 g/mol. The van der Waals surface area contributed by atoms with E-state index < -0.39 is 54.2 Å². The van der Waals surface area contributed by atoms with Gasteiger partial charge < -0.3 is 19.5 Å². The van der Waals surface area contributed by atoms with Crippen molar-refractivity contribution in [1.82, 2.24) is 10.3 Å². The van der Waals surface area contributed by atoms with Gasteiger partial charge in [0.1, 0.15) is 17.1 Å². The van der Waals surface area contributed by atoms with E-state index in [1.54, 1.807) is 30.3 Å². The molecular weight excluding hydrogens is 601 g/mol. The molecule has 1 amide bonds. The predicted molar refractivity (Wildman–Crippen MR) is 134 cm³/mol. The van der Waals surface area contributed by atoms with Crippen LogP contribution in [-0.4, -0.2) is 48.7 Å². The number of halogens is 8. The highest BCUT2D eigenvalue weighted by molar-refractivity contribution is 6.30. The van der Waals surface area contributed by atoms with Crippen molar-refractivity contribution in [2.75, 3.05) is 13.2 Å². The summed E-state index contributed by atoms with van der Waals surface area (Å²) in [4.78, 5) is 28.6. The Bertz CT molecular complexity index is 1380. The second-order valence-corrected chi connectivity index (χ2v) is 9.13. The minimum absolute atomic E-state index is 0.115. The minimum atomic E-state index is -5.02. The summed E-state index contributed by atoms with van der Waals surface area (Å²) in [5, 5.41) is 2.42. The number of benzene rings is 2. The molecule has 1 atom stereocenters. The van der Waals surface area contributed by atoms with Gasteiger partial charge in [-0.2, -0.15) is 26.3 Å². The summed E-state index contributed by atoms with van der Waals surface area (Å²) < 4.78 is 109. The molecule has 0 saturated carbocycles. The first-order valence-electron chi connectivity index (χ1n) is 12.0. The standard InChI is InChI=1S/C27H22ClF7N2O5/c1-2-40-23(38)26(32,33)15-41-24(39)37-25(13-16-6-4-3-5-7-16,21-9-8-18(28)14-36-21)17-10-19(29)12-20(11-17)42-27(34,35)22(30)31/h3-12,14,22H,2,13,15H2,1H3,(H,37,39). The van der Waals surface area contributed by atoms with E-state index in [0.29, 0.717) is 11.6 Å². The van der Waals surface area contributed by atoms with Crippen molar-refractivity contribution >= 4 is 23.7 Å². The van der Waals surface area contributed by atoms with Crippen LogP contribution in [0.1, 0.15) is 23.7 Å². The molecule has 15 heteroatoms. The molecule has 3 rings (SSSR count). The second kappa shape index (κ2) is 13.3. The Hall–Kier alpha value is -4.07. The van der Waals surface area contributed by atoms with Crippen LogP contribution in [-0.2, 0) is 26.2 Å². The van der Waals surface area contributed by atoms with Crippen LogP contribution in [0.5, 0.6) is 5.75 Å². The Balaban J connectivity index is 2.16. The largest absolute Gasteiger partial charge is 0.461 e. The van der Waals surface area contributed by atoms with Crippen LogP contribution in [0.2, 0.25) is 5.02 Å². The number of nitrogens with one attached hydrogen (secondary N) is 1. The van der Waals surface area contributed by atoms with Gasteiger partial charge in [-0.05, 0) is 42.3 Å². The number of esters is 1. The molecular formula is C27H22ClF7N2O5. The van der Waals surface area contributed by atoms with Gasteiger partial charge in [-0.15, -0.1) is 0 Å². The van der Waals surface area contributed by atoms with Gasteiger partial charge >= 0.3 is 30.5 Å². The highest BCUT2D eigenvalue weighted by atomic mass is 35.5. The number of hydrogen-bond acceptors (Lipinski definition) is 6. The van der Waals surface area contributed by atoms with E-state index in [1.807, 2.05) is 0 Å². The van der Waals surface area contributed by atoms with Crippen molar-refractivity contribution in [3.63, 3.8) is 0 Å². The van der Waals surface area contributed by atoms with Crippen LogP contribution in [0, 0.1) is 5.82 Å². The lowest BCUT2D eigenvalue weighted by Gasteiger charge is -2.35. The number of amides is 1. The van der Waals surface area contributed by atoms with E-state index in [-0.39, 0.29) is 29.3 Å². The molecule has 2 aromatic carbocycles. The lowest BCUT2D eigenvalue weighted by Crippen LogP contribution is -2.50. The molecule has 1 N–H and O–H groups in total. The van der Waals surface area contributed by atoms with Crippen molar-refractivity contribution in [2.45, 2.75) is 37.3 Å². The molecule has 226 valence electrons. The number of alkyl carbamates (subject to hydrolysis) is 1. The van der Waals surface area contributed by atoms with E-state index >= 15 is 0 Å². The third-order valence-corrected chi connectivity index (χ3v) is 5.85. The molecule has 1 heterocycles. The zero-order valence-electron chi connectivity index (χ0n) is 21.6. The van der Waals surface area contributed by atoms with E-state index in [1.165, 1.54) is 19.1 Å². The summed E-state index contributed by atoms with van der Waals surface area (Å²) in [6, 6.07) is 12.4. The van der Waals surface area contributed by atoms with Crippen molar-refractivity contribution in [3.8, 4) is 5.75 Å². The third kappa shape index (κ3) is 8.02. The predicted octanol–water partition coefficient (Wildman–Crippen LogP) is 6.52. The zero-order valence-corrected chi connectivity index (χ0v) is 22.3. The van der Waals surface area contributed by atoms with Gasteiger partial charge in [0, 0.05) is 18.7 Å². The molecule has 42 heavy (non-hydrogen) atoms. The average Bonchev–Trinajstić information content (AvgIpc) is 2.92. The fourth-order valence-electron chi connectivity index (χ4n) is 3.78. The number of rotatable bonds is 12. The third-order valence-electron chi connectivity index (χ3n) is 5.62. The zero-order chi connectivity index (χ0) is 31.1. The first-order chi connectivity index (χ1) is 19.7. The first kappa shape index (κ1) is 32.4. The number of carbonyl (C=O) groups excluding carboxylic acids is 2. The van der Waals surface area contributed by atoms with Crippen LogP contribution in [0.4, 0.5) is 35.5 Å². The Morgan fingerprint density at radius 2 is 1.69 bits per heavy atom. The van der Waals surface area contributed by atoms with Crippen LogP contribution < -0.4 is 10.1 Å². The number of hydrogen-bond donors (Lipinski definition) is 1. The molecule has 0 fully saturated rings. The number of pyridine rings is 1. The Labute approximate surface area is 239 Å². The van der Waals surface area contributed by atoms with Crippen molar-refractivity contribution < 1.29 is 54.5 Å². The molecule has 1 unspecified atom stereocenters. The summed E-state index contributed by atoms with van der Waals surface area (Å²) in [6.45, 7) is -0.852. The van der Waals surface area contributed by atoms with Crippen LogP contribution >= 0.6 is 11.6 Å². The fourth-order valence-corrected chi connectivity index (χ4v) is 3.89. The number of aromatic nitrogens is 1. The van der Waals surface area contributed by atoms with Gasteiger partial charge in [-0.25, -0.2) is 14.0 Å². The molecule has 1 aromatic heterocycles. The Morgan fingerprint density at radius 1 is 1.00 bits per heavy atom. The molecule has 0 aliphatic rings. The van der Waals surface area contributed by atoms with E-state index in [9.17, 15) is 40.3 Å². The van der Waals surface area contributed by atoms with Gasteiger partial charge in [0.05, 0.1) is 17.3 Å². The number of nitrogens with zero attached hydrogens (tertiary/aromatic N) is 1. The molecule has 0 radical (unpaired) electrons. The normalized spacial score (nSPS) is 13.3. The summed E-state index contributed by atoms with van der Waals surface area (Å²) in [5.41, 5.74) is -2.17. The molecule has 3 aromatic rings. The maximum atomic E-state index is 14.8. The van der Waals surface area contributed by atoms with Gasteiger partial charge in [0.2, 0.25) is 0 Å². The highest BCUT2D eigenvalue weighted by Gasteiger charge is 2.46. The SMILES string of the molecule is CCOC(=O)C(F)(F)COC(=O)NC(Cc1ccccc1)(c1cc(F)cc(OC(F)(F)C(F)F)c1)c1ccc(Cl)cn1. The van der Waals surface area contributed by atoms with Gasteiger partial charge in [0.25, 0.3) is 0 Å². The van der Waals surface area contributed by atoms with E-state index in [0.717, 1.165) is 18.3 Å². The average molecular weight is 623 g/mol. The molecule has 0 aliphatic heterocycles. The number of ether oxygens (including phenoxy) is 3. The first-order valence-corrected chi connectivity index (χ1v) is 12.4. The highest BCUT2D eigenvalue weighted by Crippen LogP contribution is 2.37. The van der Waals surface area contributed by atoms with Gasteiger partial charge in [0.15, 0.2) is 6.61 Å². The maximum Gasteiger partial charge on any atom is 0.461 e. The summed E-state index contributed by atoms with van der Waals surface area (Å²) >= 11 is 5.95. The quantitative estimate of drug-likeness (QED) is 0.183. The van der Waals surface area contributed by atoms with Crippen molar-refractivity contribution in [2.24, 2.45) is 0 Å². The molecule has 0 bridgehead atoms. The molecule has 0 aliphatic carbocycles. The molecule has 0 spiro atoms. The smallest absolute Gasteiger partial charge is 0.461 e. The number of alkyl halides is 6. The Kier molecular flexibility index (Phi) is 10.3. The maximum absolute atomic E-state index is 14.8. The Morgan fingerprint density at radius 3 is 2.29 bits per heavy atom. The van der Waals surface area contributed by atoms with Crippen LogP contribution in [0.15, 0.2) is 66.9 Å². The summed E-state index contributed by atoms with van der Waals surface area (Å²) in [6.07, 6.45) is -10.1. The lowest BCUT2D eigenvalue weighted by atomic mass is 9.80. The van der Waals surface area contributed by atoms with Gasteiger partial charge in [-0.3, -0.25) is 4.98 Å². The minimum Gasteiger partial charge on any atom is -0.461 e. The van der Waals surface area contributed by atoms with Gasteiger partial charge in [-0.1, -0.05) is 41.9 Å². The van der Waals surface area contributed by atoms with Crippen LogP contribution in [0.25, 0.3) is 0 Å². The lowest BCUT2D eigenvalue weighted by molar-refractivity contribution is -0.253. The fraction of sp³-hybridized carbons (Fsp3) is 0.296. The molecule has 7 nitrogen and oxygen atoms in total. The van der Waals surface area contributed by atoms with Crippen molar-refractivity contribution in [3.05, 3.63) is 94.5 Å². The summed E-state index contributed by atoms with van der Waals surface area (Å²) in [7, 11) is 0. The topological polar surface area (TPSA) is 86.8 Å². The van der Waals surface area contributed by atoms with E-state index in [2.05, 4.69) is 24.5 Å².